The standard InChI is InChI=1S/2C45H75N13O12/c2*1-37(59)4-7-40-34-56(52-49-40)19-31-68-25-13-46-43(62)10-22-65-28-16-55(17-29-66-23-11-44(63)47-14-26-69-32-20-57-35-41(50-53-57)8-5-38(2)60)18-30-67-24-12-45(64)48-15-27-70-33-21-58-36-42(51-54-58)9-6-39(3)61/h2*34-36H,4-33H2,1-3H3,(H,46,62)(H,47,63)(H,48,64). The van der Waals surface area contributed by atoms with Gasteiger partial charge in [-0.05, 0) is 80.1 Å². The average Bonchev–Trinajstić information content (AvgIpc) is 1.81. The van der Waals surface area contributed by atoms with Gasteiger partial charge in [-0.1, -0.05) is 31.3 Å². The molecule has 0 saturated carbocycles. The van der Waals surface area contributed by atoms with Crippen LogP contribution in [0.5, 0.6) is 0 Å². The van der Waals surface area contributed by atoms with Gasteiger partial charge in [-0.2, -0.15) is 0 Å². The van der Waals surface area contributed by atoms with Gasteiger partial charge in [0.05, 0.1) is 232 Å². The summed E-state index contributed by atoms with van der Waals surface area (Å²) in [4.78, 5) is 145. The maximum atomic E-state index is 12.3. The molecule has 50 nitrogen and oxygen atoms in total. The van der Waals surface area contributed by atoms with Gasteiger partial charge in [-0.15, -0.1) is 30.6 Å². The molecule has 6 rings (SSSR count). The number of nitrogens with zero attached hydrogens (tertiary/aromatic N) is 20. The molecule has 50 heteroatoms. The first-order valence-electron chi connectivity index (χ1n) is 48.2. The summed E-state index contributed by atoms with van der Waals surface area (Å²) in [6, 6.07) is 0. The van der Waals surface area contributed by atoms with Crippen LogP contribution in [0.25, 0.3) is 0 Å². The number of aryl methyl sites for hydroxylation is 6. The number of nitrogens with one attached hydrogen (secondary N) is 6. The molecule has 0 fully saturated rings. The van der Waals surface area contributed by atoms with E-state index in [1.807, 2.05) is 0 Å². The van der Waals surface area contributed by atoms with Crippen LogP contribution in [-0.2, 0) is 192 Å². The first-order valence-corrected chi connectivity index (χ1v) is 48.2. The molecule has 6 aromatic rings. The topological polar surface area (TPSA) is 579 Å². The lowest BCUT2D eigenvalue weighted by Crippen LogP contribution is -2.35. The normalized spacial score (nSPS) is 11.3. The van der Waals surface area contributed by atoms with Crippen LogP contribution >= 0.6 is 0 Å². The minimum absolute atomic E-state index is 0.106. The predicted octanol–water partition coefficient (Wildman–Crippen LogP) is -1.31. The van der Waals surface area contributed by atoms with Crippen molar-refractivity contribution in [2.45, 2.75) is 196 Å². The molecule has 0 atom stereocenters. The summed E-state index contributed by atoms with van der Waals surface area (Å²) in [5.41, 5.74) is 4.55. The first-order chi connectivity index (χ1) is 67.9. The van der Waals surface area contributed by atoms with Crippen LogP contribution in [0.15, 0.2) is 37.2 Å². The minimum atomic E-state index is -0.150. The van der Waals surface area contributed by atoms with E-state index in [0.29, 0.717) is 314 Å². The molecule has 6 heterocycles. The Morgan fingerprint density at radius 1 is 0.207 bits per heavy atom. The summed E-state index contributed by atoms with van der Waals surface area (Å²) in [6.45, 7) is 25.9. The fourth-order valence-electron chi connectivity index (χ4n) is 12.3. The quantitative estimate of drug-likeness (QED) is 0.0242. The number of rotatable bonds is 90. The molecule has 0 aliphatic heterocycles. The number of carbonyl (C=O) groups excluding carboxylic acids is 12. The summed E-state index contributed by atoms with van der Waals surface area (Å²) in [7, 11) is 0. The Labute approximate surface area is 817 Å². The van der Waals surface area contributed by atoms with Gasteiger partial charge in [-0.25, -0.2) is 28.1 Å². The van der Waals surface area contributed by atoms with E-state index in [1.54, 1.807) is 107 Å². The zero-order valence-electron chi connectivity index (χ0n) is 82.6. The van der Waals surface area contributed by atoms with Crippen molar-refractivity contribution in [1.82, 2.24) is 132 Å². The van der Waals surface area contributed by atoms with Gasteiger partial charge in [0, 0.05) is 193 Å². The third-order valence-corrected chi connectivity index (χ3v) is 20.3. The van der Waals surface area contributed by atoms with Crippen LogP contribution < -0.4 is 31.9 Å². The molecule has 784 valence electrons. The lowest BCUT2D eigenvalue weighted by molar-refractivity contribution is -0.123. The molecule has 0 saturated heterocycles. The smallest absolute Gasteiger partial charge is 0.222 e. The Bertz CT molecular complexity index is 3730. The van der Waals surface area contributed by atoms with Gasteiger partial charge < -0.3 is 118 Å². The number of ether oxygens (including phenoxy) is 12. The number of carbonyl (C=O) groups is 12. The molecule has 6 N–H and O–H groups in total. The van der Waals surface area contributed by atoms with E-state index in [9.17, 15) is 57.5 Å². The summed E-state index contributed by atoms with van der Waals surface area (Å²) < 4.78 is 78.2. The van der Waals surface area contributed by atoms with Crippen LogP contribution in [0.2, 0.25) is 0 Å². The van der Waals surface area contributed by atoms with Crippen LogP contribution in [0.1, 0.15) is 153 Å². The molecule has 140 heavy (non-hydrogen) atoms. The highest BCUT2D eigenvalue weighted by molar-refractivity contribution is 5.79. The second-order valence-electron chi connectivity index (χ2n) is 32.7. The van der Waals surface area contributed by atoms with E-state index in [2.05, 4.69) is 104 Å². The Morgan fingerprint density at radius 2 is 0.350 bits per heavy atom. The van der Waals surface area contributed by atoms with Crippen molar-refractivity contribution in [2.24, 2.45) is 0 Å². The van der Waals surface area contributed by atoms with Gasteiger partial charge in [0.15, 0.2) is 0 Å². The molecule has 0 bridgehead atoms. The van der Waals surface area contributed by atoms with E-state index in [0.717, 1.165) is 34.2 Å². The van der Waals surface area contributed by atoms with Crippen LogP contribution in [0, 0.1) is 0 Å². The van der Waals surface area contributed by atoms with Crippen LogP contribution in [0.4, 0.5) is 0 Å². The number of Topliss-reactive ketones (excluding diaryl/α,β-unsaturated/α-hetero) is 6. The molecule has 0 aliphatic carbocycles. The van der Waals surface area contributed by atoms with E-state index >= 15 is 0 Å². The first kappa shape index (κ1) is 120. The van der Waals surface area contributed by atoms with Gasteiger partial charge in [0.1, 0.15) is 34.7 Å². The van der Waals surface area contributed by atoms with E-state index < -0.39 is 0 Å². The highest BCUT2D eigenvalue weighted by atomic mass is 16.5. The summed E-state index contributed by atoms with van der Waals surface area (Å²) in [6.07, 6.45) is 17.9. The molecule has 0 aromatic carbocycles. The number of hydrogen-bond acceptors (Lipinski definition) is 38. The van der Waals surface area contributed by atoms with Crippen LogP contribution in [0.3, 0.4) is 0 Å². The molecular weight excluding hydrogens is 1830 g/mol. The van der Waals surface area contributed by atoms with E-state index in [1.165, 1.54) is 0 Å². The maximum Gasteiger partial charge on any atom is 0.222 e. The molecule has 0 radical (unpaired) electrons. The van der Waals surface area contributed by atoms with Crippen molar-refractivity contribution >= 4 is 70.1 Å². The van der Waals surface area contributed by atoms with Gasteiger partial charge in [0.2, 0.25) is 35.4 Å². The number of hydrogen-bond donors (Lipinski definition) is 6. The molecule has 0 spiro atoms. The Balaban J connectivity index is 0.000000494. The Hall–Kier alpha value is -10.9. The second-order valence-corrected chi connectivity index (χ2v) is 32.7. The zero-order chi connectivity index (χ0) is 101. The van der Waals surface area contributed by atoms with E-state index in [4.69, 9.17) is 56.8 Å². The summed E-state index contributed by atoms with van der Waals surface area (Å²) >= 11 is 0. The van der Waals surface area contributed by atoms with Crippen molar-refractivity contribution in [1.29, 1.82) is 0 Å². The highest BCUT2D eigenvalue weighted by Crippen LogP contribution is 2.08. The van der Waals surface area contributed by atoms with Crippen molar-refractivity contribution in [2.75, 3.05) is 237 Å². The van der Waals surface area contributed by atoms with Gasteiger partial charge in [0.25, 0.3) is 0 Å². The summed E-state index contributed by atoms with van der Waals surface area (Å²) in [5, 5.41) is 65.5. The molecule has 6 amide bonds. The minimum Gasteiger partial charge on any atom is -0.380 e. The predicted molar refractivity (Wildman–Crippen MR) is 503 cm³/mol. The zero-order valence-corrected chi connectivity index (χ0v) is 82.6. The third-order valence-electron chi connectivity index (χ3n) is 20.3. The maximum absolute atomic E-state index is 12.3. The number of aromatic nitrogens is 18. The lowest BCUT2D eigenvalue weighted by atomic mass is 10.2. The average molecular weight is 1980 g/mol. The van der Waals surface area contributed by atoms with Crippen LogP contribution in [-0.4, -0.2) is 407 Å². The largest absolute Gasteiger partial charge is 0.380 e. The van der Waals surface area contributed by atoms with E-state index in [-0.39, 0.29) is 148 Å². The van der Waals surface area contributed by atoms with Gasteiger partial charge >= 0.3 is 0 Å². The highest BCUT2D eigenvalue weighted by Gasteiger charge is 2.16. The second kappa shape index (κ2) is 77.8. The fourth-order valence-corrected chi connectivity index (χ4v) is 12.3. The van der Waals surface area contributed by atoms with Gasteiger partial charge in [-0.3, -0.25) is 38.6 Å². The Kier molecular flexibility index (Phi) is 66.5. The van der Waals surface area contributed by atoms with Crippen molar-refractivity contribution in [3.05, 3.63) is 71.3 Å². The Morgan fingerprint density at radius 3 is 0.493 bits per heavy atom. The van der Waals surface area contributed by atoms with Crippen molar-refractivity contribution < 1.29 is 114 Å². The van der Waals surface area contributed by atoms with Crippen molar-refractivity contribution in [3.63, 3.8) is 0 Å². The lowest BCUT2D eigenvalue weighted by Gasteiger charge is -2.22. The molecule has 6 aromatic heterocycles. The monoisotopic (exact) mass is 1980 g/mol. The summed E-state index contributed by atoms with van der Waals surface area (Å²) in [5.74, 6) is -0.265. The molecular formula is C90H150N26O24. The van der Waals surface area contributed by atoms with Crippen molar-refractivity contribution in [3.8, 4) is 0 Å². The molecule has 0 aliphatic rings. The number of amides is 6. The number of ketones is 6. The molecule has 0 unspecified atom stereocenters. The third kappa shape index (κ3) is 65.9. The SMILES string of the molecule is CC(=O)CCc1cn(CCOCCNC(=O)CCOCCN(CCOCCC(=O)NCCOCCn2cc(CCC(C)=O)nn2)CCOCCC(=O)NCCOCCn2cc(CCC(C)=O)nn2)nn1.CC(=O)CCc1cn(CCOCCNC(=O)CCOCCN(CCOCCC(=O)NCCOCCn2cc(CCC(C)=O)nn2)CCOCCC(=O)NCCOCCn2cc(CCC(C)=O)nn2)nn1. The fraction of sp³-hybridized carbons (Fsp3) is 0.733.